The number of carbonyl (C=O) groups excluding carboxylic acids is 1. The van der Waals surface area contributed by atoms with Crippen molar-refractivity contribution >= 4 is 21.9 Å². The van der Waals surface area contributed by atoms with Crippen LogP contribution in [0.15, 0.2) is 56.5 Å². The molecule has 3 rings (SSSR count). The van der Waals surface area contributed by atoms with Gasteiger partial charge < -0.3 is 14.2 Å². The summed E-state index contributed by atoms with van der Waals surface area (Å²) in [6.07, 6.45) is -4.97. The Morgan fingerprint density at radius 2 is 1.71 bits per heavy atom. The van der Waals surface area contributed by atoms with Crippen molar-refractivity contribution in [3.8, 4) is 22.9 Å². The molecule has 0 saturated heterocycles. The predicted molar refractivity (Wildman–Crippen MR) is 114 cm³/mol. The summed E-state index contributed by atoms with van der Waals surface area (Å²) in [5, 5.41) is 0. The number of aromatic nitrogens is 2. The van der Waals surface area contributed by atoms with E-state index in [0.717, 1.165) is 19.2 Å². The smallest absolute Gasteiger partial charge is 0.431 e. The van der Waals surface area contributed by atoms with Crippen LogP contribution in [0.1, 0.15) is 5.69 Å². The minimum Gasteiger partial charge on any atom is -0.478 e. The van der Waals surface area contributed by atoms with Crippen LogP contribution in [0, 0.1) is 5.82 Å². The van der Waals surface area contributed by atoms with E-state index in [1.807, 2.05) is 0 Å². The summed E-state index contributed by atoms with van der Waals surface area (Å²) < 4.78 is 70.1. The molecule has 1 aromatic heterocycles. The number of benzene rings is 2. The van der Waals surface area contributed by atoms with Gasteiger partial charge in [0.1, 0.15) is 17.3 Å². The standard InChI is InChI=1S/C21H15BrF4N2O6/c1-27-17(21(24,25)26)9-18(29)28(20(27)31)13-8-16(11(22)7-12(13)23)34-15-6-4-3-5-14(15)33-10-19(30)32-2/h3-9H,10H2,1-2H3. The Kier molecular flexibility index (Phi) is 7.15. The maximum atomic E-state index is 14.7. The number of nitrogens with zero attached hydrogens (tertiary/aromatic N) is 2. The number of para-hydroxylation sites is 2. The van der Waals surface area contributed by atoms with Crippen molar-refractivity contribution in [2.45, 2.75) is 6.18 Å². The zero-order valence-corrected chi connectivity index (χ0v) is 19.1. The molecule has 34 heavy (non-hydrogen) atoms. The molecule has 0 saturated carbocycles. The zero-order chi connectivity index (χ0) is 25.2. The van der Waals surface area contributed by atoms with E-state index in [1.165, 1.54) is 19.2 Å². The summed E-state index contributed by atoms with van der Waals surface area (Å²) in [5.41, 5.74) is -4.91. The van der Waals surface area contributed by atoms with Gasteiger partial charge in [-0.1, -0.05) is 12.1 Å². The number of methoxy groups -OCH3 is 1. The highest BCUT2D eigenvalue weighted by molar-refractivity contribution is 9.10. The van der Waals surface area contributed by atoms with Crippen LogP contribution in [-0.2, 0) is 22.8 Å². The van der Waals surface area contributed by atoms with Crippen LogP contribution in [0.25, 0.3) is 5.69 Å². The van der Waals surface area contributed by atoms with Crippen LogP contribution in [0.3, 0.4) is 0 Å². The molecule has 2 aromatic carbocycles. The number of hydrogen-bond acceptors (Lipinski definition) is 6. The number of carbonyl (C=O) groups is 1. The average molecular weight is 547 g/mol. The SMILES string of the molecule is COC(=O)COc1ccccc1Oc1cc(-n2c(=O)cc(C(F)(F)F)n(C)c2=O)c(F)cc1Br. The van der Waals surface area contributed by atoms with E-state index in [4.69, 9.17) is 9.47 Å². The van der Waals surface area contributed by atoms with Gasteiger partial charge in [-0.25, -0.2) is 18.5 Å². The van der Waals surface area contributed by atoms with Gasteiger partial charge >= 0.3 is 17.8 Å². The number of ether oxygens (including phenoxy) is 3. The molecule has 0 amide bonds. The maximum absolute atomic E-state index is 14.7. The Labute approximate surface area is 197 Å². The molecule has 0 atom stereocenters. The van der Waals surface area contributed by atoms with Crippen molar-refractivity contribution in [2.75, 3.05) is 13.7 Å². The highest BCUT2D eigenvalue weighted by atomic mass is 79.9. The van der Waals surface area contributed by atoms with Crippen LogP contribution in [0.2, 0.25) is 0 Å². The van der Waals surface area contributed by atoms with Crippen molar-refractivity contribution in [1.82, 2.24) is 9.13 Å². The van der Waals surface area contributed by atoms with Gasteiger partial charge in [0.2, 0.25) is 0 Å². The molecule has 0 unspecified atom stereocenters. The Bertz CT molecular complexity index is 1370. The molecule has 8 nitrogen and oxygen atoms in total. The normalized spacial score (nSPS) is 11.3. The zero-order valence-electron chi connectivity index (χ0n) is 17.5. The van der Waals surface area contributed by atoms with Crippen molar-refractivity contribution < 1.29 is 36.6 Å². The van der Waals surface area contributed by atoms with Gasteiger partial charge in [0.15, 0.2) is 18.1 Å². The lowest BCUT2D eigenvalue weighted by atomic mass is 10.2. The second-order valence-corrected chi connectivity index (χ2v) is 7.54. The number of rotatable bonds is 6. The molecule has 0 aliphatic carbocycles. The summed E-state index contributed by atoms with van der Waals surface area (Å²) in [6, 6.07) is 8.15. The molecule has 3 aromatic rings. The molecule has 0 aliphatic rings. The minimum absolute atomic E-state index is 0.0632. The molecule has 1 heterocycles. The first-order valence-electron chi connectivity index (χ1n) is 9.30. The molecule has 0 fully saturated rings. The second kappa shape index (κ2) is 9.71. The Balaban J connectivity index is 2.08. The van der Waals surface area contributed by atoms with Gasteiger partial charge in [0.25, 0.3) is 5.56 Å². The quantitative estimate of drug-likeness (QED) is 0.345. The average Bonchev–Trinajstić information content (AvgIpc) is 2.77. The molecule has 13 heteroatoms. The lowest BCUT2D eigenvalue weighted by Crippen LogP contribution is -2.41. The molecular formula is C21H15BrF4N2O6. The van der Waals surface area contributed by atoms with Crippen molar-refractivity contribution in [3.05, 3.63) is 79.3 Å². The molecule has 180 valence electrons. The Hall–Kier alpha value is -3.61. The molecule has 0 bridgehead atoms. The van der Waals surface area contributed by atoms with Crippen LogP contribution >= 0.6 is 15.9 Å². The number of alkyl halides is 3. The largest absolute Gasteiger partial charge is 0.478 e. The van der Waals surface area contributed by atoms with Crippen molar-refractivity contribution in [1.29, 1.82) is 0 Å². The van der Waals surface area contributed by atoms with Crippen molar-refractivity contribution in [2.24, 2.45) is 7.05 Å². The molecule has 0 radical (unpaired) electrons. The van der Waals surface area contributed by atoms with Gasteiger partial charge in [0, 0.05) is 19.2 Å². The topological polar surface area (TPSA) is 88.8 Å². The number of esters is 1. The highest BCUT2D eigenvalue weighted by Crippen LogP contribution is 2.37. The first-order chi connectivity index (χ1) is 15.9. The van der Waals surface area contributed by atoms with Gasteiger partial charge in [-0.05, 0) is 34.1 Å². The van der Waals surface area contributed by atoms with E-state index in [9.17, 15) is 31.9 Å². The van der Waals surface area contributed by atoms with Gasteiger partial charge in [-0.15, -0.1) is 0 Å². The van der Waals surface area contributed by atoms with Gasteiger partial charge in [-0.2, -0.15) is 13.2 Å². The van der Waals surface area contributed by atoms with E-state index < -0.39 is 47.2 Å². The second-order valence-electron chi connectivity index (χ2n) is 6.69. The summed E-state index contributed by atoms with van der Waals surface area (Å²) in [4.78, 5) is 36.3. The molecule has 0 N–H and O–H groups in total. The van der Waals surface area contributed by atoms with Crippen LogP contribution < -0.4 is 20.7 Å². The summed E-state index contributed by atoms with van der Waals surface area (Å²) in [6.45, 7) is -0.427. The monoisotopic (exact) mass is 546 g/mol. The summed E-state index contributed by atoms with van der Waals surface area (Å²) in [5.74, 6) is -1.63. The van der Waals surface area contributed by atoms with Gasteiger partial charge in [0.05, 0.1) is 17.3 Å². The molecule has 0 aliphatic heterocycles. The van der Waals surface area contributed by atoms with E-state index in [2.05, 4.69) is 20.7 Å². The molecular weight excluding hydrogens is 532 g/mol. The number of halogens is 5. The fourth-order valence-electron chi connectivity index (χ4n) is 2.86. The van der Waals surface area contributed by atoms with E-state index in [0.29, 0.717) is 0 Å². The fraction of sp³-hybridized carbons (Fsp3) is 0.190. The third-order valence-electron chi connectivity index (χ3n) is 4.50. The first-order valence-corrected chi connectivity index (χ1v) is 10.1. The molecule has 0 spiro atoms. The van der Waals surface area contributed by atoms with Crippen LogP contribution in [-0.4, -0.2) is 28.8 Å². The lowest BCUT2D eigenvalue weighted by molar-refractivity contribution is -0.144. The Morgan fingerprint density at radius 3 is 2.32 bits per heavy atom. The first kappa shape index (κ1) is 25.0. The van der Waals surface area contributed by atoms with Crippen LogP contribution in [0.4, 0.5) is 17.6 Å². The fourth-order valence-corrected chi connectivity index (χ4v) is 3.25. The van der Waals surface area contributed by atoms with E-state index in [-0.39, 0.29) is 36.9 Å². The van der Waals surface area contributed by atoms with Gasteiger partial charge in [-0.3, -0.25) is 9.36 Å². The van der Waals surface area contributed by atoms with E-state index in [1.54, 1.807) is 12.1 Å². The predicted octanol–water partition coefficient (Wildman–Crippen LogP) is 3.80. The van der Waals surface area contributed by atoms with Crippen molar-refractivity contribution in [3.63, 3.8) is 0 Å². The lowest BCUT2D eigenvalue weighted by Gasteiger charge is -2.16. The third-order valence-corrected chi connectivity index (χ3v) is 5.11. The summed E-state index contributed by atoms with van der Waals surface area (Å²) >= 11 is 3.10. The van der Waals surface area contributed by atoms with Crippen LogP contribution in [0.5, 0.6) is 17.2 Å². The third kappa shape index (κ3) is 5.14. The van der Waals surface area contributed by atoms with E-state index >= 15 is 0 Å². The minimum atomic E-state index is -4.97. The summed E-state index contributed by atoms with van der Waals surface area (Å²) in [7, 11) is 1.99. The maximum Gasteiger partial charge on any atom is 0.431 e. The number of hydrogen-bond donors (Lipinski definition) is 0. The highest BCUT2D eigenvalue weighted by Gasteiger charge is 2.35. The Morgan fingerprint density at radius 1 is 1.06 bits per heavy atom.